The number of hydrogen-bond acceptors (Lipinski definition) is 12. The van der Waals surface area contributed by atoms with Gasteiger partial charge >= 0.3 is 5.13 Å². The number of rotatable bonds is 8. The van der Waals surface area contributed by atoms with Crippen molar-refractivity contribution in [2.45, 2.75) is 31.1 Å². The normalized spacial score (nSPS) is 11.8. The van der Waals surface area contributed by atoms with E-state index in [1.807, 2.05) is 6.92 Å². The smallest absolute Gasteiger partial charge is 0.365 e. The summed E-state index contributed by atoms with van der Waals surface area (Å²) >= 11 is 1.20. The van der Waals surface area contributed by atoms with E-state index in [-0.39, 0.29) is 35.4 Å². The SMILES string of the molecule is C.CCOc1ccc2nc(-[n+]3nc(-c4ccc(C)cc4S(=O)(=O)[O-])nn3-c3ccc(OC)c(S(=O)(=O)[O-])c3)sc2c1. The fourth-order valence-electron chi connectivity index (χ4n) is 3.92. The lowest BCUT2D eigenvalue weighted by molar-refractivity contribution is -0.734. The van der Waals surface area contributed by atoms with Crippen molar-refractivity contribution in [3.63, 3.8) is 0 Å². The van der Waals surface area contributed by atoms with Crippen LogP contribution < -0.4 is 14.3 Å². The first-order chi connectivity index (χ1) is 18.9. The van der Waals surface area contributed by atoms with Gasteiger partial charge in [-0.1, -0.05) is 29.8 Å². The number of hydrogen-bond donors (Lipinski definition) is 0. The predicted molar refractivity (Wildman–Crippen MR) is 147 cm³/mol. The van der Waals surface area contributed by atoms with Gasteiger partial charge in [0.15, 0.2) is 5.52 Å². The Bertz CT molecular complexity index is 1990. The van der Waals surface area contributed by atoms with Crippen molar-refractivity contribution in [3.05, 3.63) is 60.2 Å². The average molecular weight is 619 g/mol. The number of thiazole rings is 1. The number of aromatic nitrogens is 5. The van der Waals surface area contributed by atoms with Gasteiger partial charge in [0, 0.05) is 11.2 Å². The second-order valence-corrected chi connectivity index (χ2v) is 12.1. The van der Waals surface area contributed by atoms with E-state index in [2.05, 4.69) is 15.2 Å². The highest BCUT2D eigenvalue weighted by Gasteiger charge is 2.28. The molecule has 3 aromatic carbocycles. The monoisotopic (exact) mass is 618 g/mol. The molecule has 5 rings (SSSR count). The number of fused-ring (bicyclic) bond motifs is 1. The van der Waals surface area contributed by atoms with E-state index < -0.39 is 30.0 Å². The van der Waals surface area contributed by atoms with Gasteiger partial charge in [-0.3, -0.25) is 0 Å². The van der Waals surface area contributed by atoms with E-state index in [0.717, 1.165) is 15.6 Å². The fourth-order valence-corrected chi connectivity index (χ4v) is 6.28. The van der Waals surface area contributed by atoms with E-state index in [0.29, 0.717) is 23.4 Å². The van der Waals surface area contributed by atoms with Gasteiger partial charge in [0.25, 0.3) is 5.82 Å². The van der Waals surface area contributed by atoms with Crippen LogP contribution >= 0.6 is 11.3 Å². The minimum atomic E-state index is -4.95. The van der Waals surface area contributed by atoms with E-state index in [1.54, 1.807) is 31.2 Å². The minimum absolute atomic E-state index is 0. The van der Waals surface area contributed by atoms with Crippen molar-refractivity contribution in [2.24, 2.45) is 0 Å². The number of benzene rings is 3. The lowest BCUT2D eigenvalue weighted by Gasteiger charge is -2.12. The molecule has 2 heterocycles. The van der Waals surface area contributed by atoms with Crippen molar-refractivity contribution < 1.29 is 40.2 Å². The molecule has 0 unspecified atom stereocenters. The Morgan fingerprint density at radius 3 is 2.37 bits per heavy atom. The summed E-state index contributed by atoms with van der Waals surface area (Å²) in [5, 5.41) is 9.11. The first-order valence-corrected chi connectivity index (χ1v) is 15.2. The van der Waals surface area contributed by atoms with Gasteiger partial charge in [-0.15, -0.1) is 0 Å². The van der Waals surface area contributed by atoms with Gasteiger partial charge in [0.2, 0.25) is 0 Å². The van der Waals surface area contributed by atoms with E-state index in [1.165, 1.54) is 47.5 Å². The molecule has 0 aliphatic carbocycles. The average Bonchev–Trinajstić information content (AvgIpc) is 3.52. The molecule has 13 nitrogen and oxygen atoms in total. The summed E-state index contributed by atoms with van der Waals surface area (Å²) in [6, 6.07) is 13.3. The summed E-state index contributed by atoms with van der Waals surface area (Å²) in [6.45, 7) is 3.95. The van der Waals surface area contributed by atoms with Crippen molar-refractivity contribution in [1.29, 1.82) is 0 Å². The van der Waals surface area contributed by atoms with E-state index in [9.17, 15) is 25.9 Å². The van der Waals surface area contributed by atoms with E-state index in [4.69, 9.17) is 9.47 Å². The van der Waals surface area contributed by atoms with Crippen LogP contribution in [0, 0.1) is 6.92 Å². The molecule has 16 heteroatoms. The largest absolute Gasteiger partial charge is 0.744 e. The number of ether oxygens (including phenoxy) is 2. The summed E-state index contributed by atoms with van der Waals surface area (Å²) in [4.78, 5) is 5.78. The van der Waals surface area contributed by atoms with Crippen molar-refractivity contribution in [3.8, 4) is 33.7 Å². The fraction of sp³-hybridized carbons (Fsp3) is 0.200. The zero-order valence-electron chi connectivity index (χ0n) is 21.1. The van der Waals surface area contributed by atoms with Gasteiger partial charge in [-0.05, 0) is 76.6 Å². The number of nitrogens with zero attached hydrogens (tertiary/aromatic N) is 5. The highest BCUT2D eigenvalue weighted by Crippen LogP contribution is 2.30. The maximum absolute atomic E-state index is 12.1. The van der Waals surface area contributed by atoms with Crippen LogP contribution in [0.15, 0.2) is 64.4 Å². The number of tetrazole rings is 1. The van der Waals surface area contributed by atoms with Gasteiger partial charge < -0.3 is 18.6 Å². The van der Waals surface area contributed by atoms with Gasteiger partial charge in [0.05, 0.1) is 33.8 Å². The third-order valence-corrected chi connectivity index (χ3v) is 8.40. The van der Waals surface area contributed by atoms with Gasteiger partial charge in [0.1, 0.15) is 37.4 Å². The molecule has 0 spiro atoms. The lowest BCUT2D eigenvalue weighted by Crippen LogP contribution is -2.43. The van der Waals surface area contributed by atoms with Crippen LogP contribution in [0.3, 0.4) is 0 Å². The first-order valence-electron chi connectivity index (χ1n) is 11.5. The summed E-state index contributed by atoms with van der Waals surface area (Å²) in [5.74, 6) is 0.293. The van der Waals surface area contributed by atoms with Crippen LogP contribution in [0.25, 0.3) is 32.4 Å². The molecule has 0 N–H and O–H groups in total. The Hall–Kier alpha value is -3.96. The molecule has 0 atom stereocenters. The minimum Gasteiger partial charge on any atom is -0.744 e. The van der Waals surface area contributed by atoms with Crippen LogP contribution in [0.5, 0.6) is 11.5 Å². The highest BCUT2D eigenvalue weighted by atomic mass is 32.2. The number of aryl methyl sites for hydroxylation is 1. The van der Waals surface area contributed by atoms with E-state index >= 15 is 0 Å². The molecule has 0 fully saturated rings. The first kappa shape index (κ1) is 30.0. The second-order valence-electron chi connectivity index (χ2n) is 8.40. The summed E-state index contributed by atoms with van der Waals surface area (Å²) < 4.78 is 83.4. The maximum atomic E-state index is 12.1. The van der Waals surface area contributed by atoms with Crippen LogP contribution in [0.2, 0.25) is 0 Å². The Kier molecular flexibility index (Phi) is 8.15. The van der Waals surface area contributed by atoms with Crippen molar-refractivity contribution in [1.82, 2.24) is 20.0 Å². The molecule has 0 aliphatic rings. The topological polar surface area (TPSA) is 180 Å². The molecule has 0 amide bonds. The third-order valence-electron chi connectivity index (χ3n) is 5.68. The van der Waals surface area contributed by atoms with Crippen LogP contribution in [-0.4, -0.2) is 59.6 Å². The summed E-state index contributed by atoms with van der Waals surface area (Å²) in [5.41, 5.74) is 1.13. The summed E-state index contributed by atoms with van der Waals surface area (Å²) in [6.07, 6.45) is 0. The molecule has 0 saturated carbocycles. The Labute approximate surface area is 240 Å². The Morgan fingerprint density at radius 2 is 1.71 bits per heavy atom. The molecular weight excluding hydrogens is 595 g/mol. The Balaban J connectivity index is 0.00000387. The predicted octanol–water partition coefficient (Wildman–Crippen LogP) is 2.98. The molecular formula is C25H24N5O8S3-. The molecule has 0 saturated heterocycles. The molecule has 0 aliphatic heterocycles. The molecule has 2 aromatic heterocycles. The van der Waals surface area contributed by atoms with Crippen LogP contribution in [-0.2, 0) is 20.2 Å². The summed E-state index contributed by atoms with van der Waals surface area (Å²) in [7, 11) is -8.65. The van der Waals surface area contributed by atoms with Gasteiger partial charge in [-0.2, -0.15) is 0 Å². The maximum Gasteiger partial charge on any atom is 0.365 e. The zero-order valence-corrected chi connectivity index (χ0v) is 23.6. The number of methoxy groups -OCH3 is 1. The van der Waals surface area contributed by atoms with Crippen LogP contribution in [0.1, 0.15) is 19.9 Å². The zero-order chi connectivity index (χ0) is 28.8. The molecule has 5 aromatic rings. The molecule has 0 radical (unpaired) electrons. The lowest BCUT2D eigenvalue weighted by atomic mass is 10.1. The van der Waals surface area contributed by atoms with Crippen LogP contribution in [0.4, 0.5) is 0 Å². The Morgan fingerprint density at radius 1 is 0.976 bits per heavy atom. The third kappa shape index (κ3) is 5.91. The van der Waals surface area contributed by atoms with Crippen molar-refractivity contribution >= 4 is 41.8 Å². The highest BCUT2D eigenvalue weighted by molar-refractivity contribution is 7.86. The molecule has 0 bridgehead atoms. The second kappa shape index (κ2) is 11.1. The quantitative estimate of drug-likeness (QED) is 0.184. The van der Waals surface area contributed by atoms with Gasteiger partial charge in [-0.25, -0.2) is 16.8 Å². The molecule has 41 heavy (non-hydrogen) atoms. The standard InChI is InChI=1S/C24H21N5O8S3.CH4/c1-4-37-16-7-9-18-20(13-16)38-24(25-18)29-27-23(17-8-5-14(2)11-21(17)39(30,31)32)26-28(29)15-6-10-19(36-3)22(12-15)40(33,34)35;/h5-13H,4H2,1-3H3,(H-,30,31,32,33,34,35);1H4/p-1. The van der Waals surface area contributed by atoms with Crippen molar-refractivity contribution in [2.75, 3.05) is 13.7 Å². The molecule has 216 valence electrons.